The zero-order chi connectivity index (χ0) is 18.4. The predicted octanol–water partition coefficient (Wildman–Crippen LogP) is 5.46. The van der Waals surface area contributed by atoms with Crippen molar-refractivity contribution >= 4 is 0 Å². The van der Waals surface area contributed by atoms with Crippen LogP contribution in [0.5, 0.6) is 5.75 Å². The molecule has 0 aliphatic carbocycles. The molecule has 0 aliphatic rings. The van der Waals surface area contributed by atoms with E-state index in [0.29, 0.717) is 11.3 Å². The third-order valence-electron chi connectivity index (χ3n) is 4.05. The molecule has 0 radical (unpaired) electrons. The molecule has 1 heterocycles. The smallest absolute Gasteiger partial charge is 0.444 e. The van der Waals surface area contributed by atoms with Crippen LogP contribution in [0.1, 0.15) is 51.3 Å². The Morgan fingerprint density at radius 2 is 2.04 bits per heavy atom. The molecule has 0 saturated heterocycles. The molecule has 7 heteroatoms. The van der Waals surface area contributed by atoms with Crippen LogP contribution in [0.15, 0.2) is 34.9 Å². The van der Waals surface area contributed by atoms with Crippen molar-refractivity contribution in [2.75, 3.05) is 0 Å². The average Bonchev–Trinajstić information content (AvgIpc) is 3.03. The highest BCUT2D eigenvalue weighted by molar-refractivity contribution is 5.56. The van der Waals surface area contributed by atoms with Gasteiger partial charge in [-0.25, -0.2) is 4.98 Å². The monoisotopic (exact) mass is 356 g/mol. The summed E-state index contributed by atoms with van der Waals surface area (Å²) in [5, 5.41) is 0. The third kappa shape index (κ3) is 5.77. The maximum atomic E-state index is 12.3. The predicted molar refractivity (Wildman–Crippen MR) is 88.9 cm³/mol. The number of alkyl halides is 3. The van der Waals surface area contributed by atoms with E-state index in [1.165, 1.54) is 24.5 Å². The van der Waals surface area contributed by atoms with Crippen LogP contribution < -0.4 is 10.5 Å². The van der Waals surface area contributed by atoms with Gasteiger partial charge in [0.25, 0.3) is 0 Å². The first-order valence-corrected chi connectivity index (χ1v) is 8.37. The summed E-state index contributed by atoms with van der Waals surface area (Å²) in [4.78, 5) is 4.34. The highest BCUT2D eigenvalue weighted by atomic mass is 19.4. The van der Waals surface area contributed by atoms with Gasteiger partial charge in [0.2, 0.25) is 5.89 Å². The average molecular weight is 356 g/mol. The zero-order valence-corrected chi connectivity index (χ0v) is 14.3. The molecule has 2 aromatic rings. The van der Waals surface area contributed by atoms with Crippen LogP contribution >= 0.6 is 0 Å². The summed E-state index contributed by atoms with van der Waals surface area (Å²) in [6.07, 6.45) is 1.13. The molecule has 0 bridgehead atoms. The molecule has 0 fully saturated rings. The van der Waals surface area contributed by atoms with Crippen molar-refractivity contribution in [2.24, 2.45) is 11.7 Å². The number of nitrogens with zero attached hydrogens (tertiary/aromatic N) is 1. The van der Waals surface area contributed by atoms with Gasteiger partial charge in [0.15, 0.2) is 0 Å². The van der Waals surface area contributed by atoms with Crippen LogP contribution in [0, 0.1) is 5.92 Å². The highest BCUT2D eigenvalue weighted by Gasteiger charge is 2.31. The summed E-state index contributed by atoms with van der Waals surface area (Å²) < 4.78 is 46.3. The van der Waals surface area contributed by atoms with Gasteiger partial charge >= 0.3 is 6.36 Å². The second-order valence-corrected chi connectivity index (χ2v) is 6.15. The molecule has 25 heavy (non-hydrogen) atoms. The van der Waals surface area contributed by atoms with Gasteiger partial charge in [0.1, 0.15) is 12.0 Å². The van der Waals surface area contributed by atoms with Crippen molar-refractivity contribution in [3.63, 3.8) is 0 Å². The minimum atomic E-state index is -4.74. The fraction of sp³-hybridized carbons (Fsp3) is 0.500. The number of nitrogens with two attached hydrogens (primary N) is 1. The molecular formula is C18H23F3N2O2. The Hall–Kier alpha value is -2.02. The van der Waals surface area contributed by atoms with Gasteiger partial charge in [0, 0.05) is 5.56 Å². The van der Waals surface area contributed by atoms with E-state index >= 15 is 0 Å². The van der Waals surface area contributed by atoms with E-state index in [2.05, 4.69) is 23.6 Å². The van der Waals surface area contributed by atoms with Crippen molar-refractivity contribution in [1.82, 2.24) is 4.98 Å². The van der Waals surface area contributed by atoms with Crippen LogP contribution in [0.25, 0.3) is 11.5 Å². The number of ether oxygens (including phenoxy) is 1. The molecule has 0 spiro atoms. The Balaban J connectivity index is 2.09. The number of benzene rings is 1. The molecule has 0 aliphatic heterocycles. The van der Waals surface area contributed by atoms with Gasteiger partial charge in [-0.15, -0.1) is 13.2 Å². The summed E-state index contributed by atoms with van der Waals surface area (Å²) in [6, 6.07) is 5.24. The second kappa shape index (κ2) is 8.38. The molecule has 1 aromatic heterocycles. The summed E-state index contributed by atoms with van der Waals surface area (Å²) in [5.41, 5.74) is 7.23. The largest absolute Gasteiger partial charge is 0.573 e. The Morgan fingerprint density at radius 1 is 1.28 bits per heavy atom. The Bertz CT molecular complexity index is 670. The third-order valence-corrected chi connectivity index (χ3v) is 4.05. The quantitative estimate of drug-likeness (QED) is 0.638. The van der Waals surface area contributed by atoms with Crippen LogP contribution in [-0.4, -0.2) is 11.3 Å². The lowest BCUT2D eigenvalue weighted by molar-refractivity contribution is -0.274. The van der Waals surface area contributed by atoms with Gasteiger partial charge in [-0.05, 0) is 30.5 Å². The van der Waals surface area contributed by atoms with Crippen molar-refractivity contribution in [3.8, 4) is 17.2 Å². The molecule has 2 unspecified atom stereocenters. The van der Waals surface area contributed by atoms with Gasteiger partial charge < -0.3 is 14.9 Å². The van der Waals surface area contributed by atoms with Crippen LogP contribution in [0.2, 0.25) is 0 Å². The second-order valence-electron chi connectivity index (χ2n) is 6.15. The molecule has 2 N–H and O–H groups in total. The Morgan fingerprint density at radius 3 is 2.72 bits per heavy atom. The zero-order valence-electron chi connectivity index (χ0n) is 14.3. The molecule has 0 amide bonds. The standard InChI is InChI=1S/C18H23F3N2O2/c1-3-4-5-7-12(2)16(22)15-11-24-17(23-15)13-8-6-9-14(10-13)25-18(19,20)21/h6,8-12,16H,3-5,7,22H2,1-2H3. The van der Waals surface area contributed by atoms with Crippen molar-refractivity contribution in [3.05, 3.63) is 36.2 Å². The molecule has 4 nitrogen and oxygen atoms in total. The van der Waals surface area contributed by atoms with Gasteiger partial charge in [-0.2, -0.15) is 0 Å². The number of halogens is 3. The van der Waals surface area contributed by atoms with E-state index < -0.39 is 6.36 Å². The van der Waals surface area contributed by atoms with E-state index in [4.69, 9.17) is 10.2 Å². The topological polar surface area (TPSA) is 61.3 Å². The van der Waals surface area contributed by atoms with E-state index in [1.54, 1.807) is 6.07 Å². The maximum absolute atomic E-state index is 12.3. The fourth-order valence-electron chi connectivity index (χ4n) is 2.59. The molecule has 138 valence electrons. The maximum Gasteiger partial charge on any atom is 0.573 e. The molecule has 2 atom stereocenters. The minimum absolute atomic E-state index is 0.221. The van der Waals surface area contributed by atoms with Crippen molar-refractivity contribution in [1.29, 1.82) is 0 Å². The first-order chi connectivity index (χ1) is 11.8. The summed E-state index contributed by atoms with van der Waals surface area (Å²) in [7, 11) is 0. The fourth-order valence-corrected chi connectivity index (χ4v) is 2.59. The van der Waals surface area contributed by atoms with Crippen molar-refractivity contribution in [2.45, 2.75) is 51.9 Å². The van der Waals surface area contributed by atoms with Gasteiger partial charge in [-0.1, -0.05) is 39.2 Å². The normalized spacial score (nSPS) is 14.3. The summed E-state index contributed by atoms with van der Waals surface area (Å²) in [5.74, 6) is 0.144. The first-order valence-electron chi connectivity index (χ1n) is 8.37. The van der Waals surface area contributed by atoms with E-state index in [1.807, 2.05) is 0 Å². The first kappa shape index (κ1) is 19.3. The van der Waals surface area contributed by atoms with Gasteiger partial charge in [-0.3, -0.25) is 0 Å². The number of oxazole rings is 1. The molecule has 2 rings (SSSR count). The SMILES string of the molecule is CCCCCC(C)C(N)c1coc(-c2cccc(OC(F)(F)F)c2)n1. The lowest BCUT2D eigenvalue weighted by Crippen LogP contribution is -2.19. The molecule has 1 aromatic carbocycles. The van der Waals surface area contributed by atoms with E-state index in [9.17, 15) is 13.2 Å². The molecule has 0 saturated carbocycles. The van der Waals surface area contributed by atoms with Crippen LogP contribution in [0.3, 0.4) is 0 Å². The number of hydrogen-bond donors (Lipinski definition) is 1. The van der Waals surface area contributed by atoms with Crippen molar-refractivity contribution < 1.29 is 22.3 Å². The van der Waals surface area contributed by atoms with E-state index in [0.717, 1.165) is 25.7 Å². The number of unbranched alkanes of at least 4 members (excludes halogenated alkanes) is 2. The number of rotatable bonds is 8. The minimum Gasteiger partial charge on any atom is -0.444 e. The lowest BCUT2D eigenvalue weighted by Gasteiger charge is -2.17. The van der Waals surface area contributed by atoms with Crippen LogP contribution in [0.4, 0.5) is 13.2 Å². The molecular weight excluding hydrogens is 333 g/mol. The van der Waals surface area contributed by atoms with Crippen LogP contribution in [-0.2, 0) is 0 Å². The van der Waals surface area contributed by atoms with E-state index in [-0.39, 0.29) is 23.6 Å². The summed E-state index contributed by atoms with van der Waals surface area (Å²) >= 11 is 0. The Kier molecular flexibility index (Phi) is 6.47. The Labute approximate surface area is 145 Å². The summed E-state index contributed by atoms with van der Waals surface area (Å²) in [6.45, 7) is 4.21. The number of aromatic nitrogens is 1. The lowest BCUT2D eigenvalue weighted by atomic mass is 9.94. The highest BCUT2D eigenvalue weighted by Crippen LogP contribution is 2.30. The van der Waals surface area contributed by atoms with Gasteiger partial charge in [0.05, 0.1) is 11.7 Å². The number of hydrogen-bond acceptors (Lipinski definition) is 4.